The molecule has 0 atom stereocenters. The van der Waals surface area contributed by atoms with E-state index < -0.39 is 0 Å². The first kappa shape index (κ1) is 39.6. The summed E-state index contributed by atoms with van der Waals surface area (Å²) in [6.07, 6.45) is 33.7. The van der Waals surface area contributed by atoms with Gasteiger partial charge in [0.25, 0.3) is 0 Å². The standard InChI is InChI=1S/C44H68N2O2/c1-3-5-7-9-11-13-15-17-19-21-23-25-27-41-43(37-29-33-39(47)34-30-37)46-42(44(45-41)38-31-35-40(48)36-32-38)28-26-24-22-20-18-16-14-12-10-8-6-4-2/h29-36,47-48H,3-28H2,1-2H3. The topological polar surface area (TPSA) is 66.2 Å². The van der Waals surface area contributed by atoms with Gasteiger partial charge in [0.1, 0.15) is 11.5 Å². The molecule has 0 spiro atoms. The molecule has 0 unspecified atom stereocenters. The maximum atomic E-state index is 9.99. The Morgan fingerprint density at radius 1 is 0.354 bits per heavy atom. The first-order valence-electron chi connectivity index (χ1n) is 20.1. The second kappa shape index (κ2) is 25.1. The van der Waals surface area contributed by atoms with Gasteiger partial charge in [0.05, 0.1) is 22.8 Å². The first-order valence-corrected chi connectivity index (χ1v) is 20.1. The molecule has 0 aliphatic carbocycles. The van der Waals surface area contributed by atoms with Crippen LogP contribution in [0.1, 0.15) is 179 Å². The Balaban J connectivity index is 1.59. The van der Waals surface area contributed by atoms with Gasteiger partial charge in [-0.2, -0.15) is 0 Å². The van der Waals surface area contributed by atoms with E-state index in [0.29, 0.717) is 0 Å². The normalized spacial score (nSPS) is 11.4. The summed E-state index contributed by atoms with van der Waals surface area (Å²) in [5.41, 5.74) is 6.01. The van der Waals surface area contributed by atoms with Crippen molar-refractivity contribution in [2.24, 2.45) is 0 Å². The highest BCUT2D eigenvalue weighted by Gasteiger charge is 2.17. The quantitative estimate of drug-likeness (QED) is 0.0763. The molecular weight excluding hydrogens is 588 g/mol. The van der Waals surface area contributed by atoms with Crippen molar-refractivity contribution in [3.05, 3.63) is 59.9 Å². The van der Waals surface area contributed by atoms with E-state index in [2.05, 4.69) is 13.8 Å². The summed E-state index contributed by atoms with van der Waals surface area (Å²) in [5.74, 6) is 0.540. The number of aromatic hydroxyl groups is 2. The van der Waals surface area contributed by atoms with Crippen LogP contribution in [0.2, 0.25) is 0 Å². The van der Waals surface area contributed by atoms with E-state index in [9.17, 15) is 10.2 Å². The number of nitrogens with zero attached hydrogens (tertiary/aromatic N) is 2. The summed E-state index contributed by atoms with van der Waals surface area (Å²) >= 11 is 0. The zero-order valence-electron chi connectivity index (χ0n) is 30.8. The third kappa shape index (κ3) is 16.0. The van der Waals surface area contributed by atoms with Crippen molar-refractivity contribution < 1.29 is 10.2 Å². The third-order valence-electron chi connectivity index (χ3n) is 9.86. The van der Waals surface area contributed by atoms with E-state index in [4.69, 9.17) is 9.97 Å². The molecule has 3 rings (SSSR count). The van der Waals surface area contributed by atoms with Crippen LogP contribution in [0, 0.1) is 0 Å². The van der Waals surface area contributed by atoms with E-state index in [-0.39, 0.29) is 11.5 Å². The molecule has 1 aromatic heterocycles. The molecule has 0 aliphatic rings. The Labute approximate surface area is 294 Å². The SMILES string of the molecule is CCCCCCCCCCCCCCc1nc(-c2ccc(O)cc2)c(CCCCCCCCCCCCCC)nc1-c1ccc(O)cc1. The number of phenolic OH excluding ortho intramolecular Hbond substituents is 2. The van der Waals surface area contributed by atoms with Crippen LogP contribution in [0.3, 0.4) is 0 Å². The maximum Gasteiger partial charge on any atom is 0.115 e. The summed E-state index contributed by atoms with van der Waals surface area (Å²) in [5, 5.41) is 20.0. The second-order valence-electron chi connectivity index (χ2n) is 14.2. The molecule has 0 bridgehead atoms. The molecule has 0 saturated heterocycles. The Kier molecular flexibility index (Phi) is 20.7. The van der Waals surface area contributed by atoms with E-state index >= 15 is 0 Å². The Morgan fingerprint density at radius 3 is 0.875 bits per heavy atom. The van der Waals surface area contributed by atoms with Crippen molar-refractivity contribution in [1.82, 2.24) is 9.97 Å². The predicted octanol–water partition coefficient (Wildman–Crippen LogP) is 13.7. The molecule has 48 heavy (non-hydrogen) atoms. The van der Waals surface area contributed by atoms with Crippen molar-refractivity contribution in [2.45, 2.75) is 181 Å². The minimum absolute atomic E-state index is 0.270. The first-order chi connectivity index (χ1) is 23.6. The minimum Gasteiger partial charge on any atom is -0.508 e. The van der Waals surface area contributed by atoms with Gasteiger partial charge in [0.15, 0.2) is 0 Å². The molecule has 0 fully saturated rings. The lowest BCUT2D eigenvalue weighted by molar-refractivity contribution is 0.475. The highest BCUT2D eigenvalue weighted by molar-refractivity contribution is 5.68. The molecule has 0 amide bonds. The molecule has 4 nitrogen and oxygen atoms in total. The molecule has 0 saturated carbocycles. The molecule has 2 aromatic carbocycles. The summed E-state index contributed by atoms with van der Waals surface area (Å²) in [7, 11) is 0. The van der Waals surface area contributed by atoms with Crippen LogP contribution in [-0.4, -0.2) is 20.2 Å². The molecule has 266 valence electrons. The van der Waals surface area contributed by atoms with Crippen LogP contribution in [-0.2, 0) is 12.8 Å². The Bertz CT molecular complexity index is 1120. The van der Waals surface area contributed by atoms with Crippen LogP contribution in [0.25, 0.3) is 22.5 Å². The van der Waals surface area contributed by atoms with Crippen LogP contribution >= 0.6 is 0 Å². The van der Waals surface area contributed by atoms with Gasteiger partial charge in [-0.3, -0.25) is 0 Å². The van der Waals surface area contributed by atoms with Gasteiger partial charge >= 0.3 is 0 Å². The predicted molar refractivity (Wildman–Crippen MR) is 206 cm³/mol. The number of phenols is 2. The number of benzene rings is 2. The number of unbranched alkanes of at least 4 members (excludes halogenated alkanes) is 22. The molecule has 0 radical (unpaired) electrons. The summed E-state index contributed by atoms with van der Waals surface area (Å²) in [6.45, 7) is 4.57. The van der Waals surface area contributed by atoms with Crippen molar-refractivity contribution in [3.8, 4) is 34.0 Å². The van der Waals surface area contributed by atoms with Gasteiger partial charge in [-0.05, 0) is 74.2 Å². The van der Waals surface area contributed by atoms with Crippen LogP contribution < -0.4 is 0 Å². The van der Waals surface area contributed by atoms with Gasteiger partial charge in [0, 0.05) is 11.1 Å². The summed E-state index contributed by atoms with van der Waals surface area (Å²) in [4.78, 5) is 10.7. The molecular formula is C44H68N2O2. The van der Waals surface area contributed by atoms with Gasteiger partial charge in [0.2, 0.25) is 0 Å². The molecule has 1 heterocycles. The fourth-order valence-electron chi connectivity index (χ4n) is 6.82. The lowest BCUT2D eigenvalue weighted by Gasteiger charge is -2.16. The van der Waals surface area contributed by atoms with Gasteiger partial charge < -0.3 is 10.2 Å². The highest BCUT2D eigenvalue weighted by atomic mass is 16.3. The Hall–Kier alpha value is -2.88. The van der Waals surface area contributed by atoms with Crippen molar-refractivity contribution in [1.29, 1.82) is 0 Å². The van der Waals surface area contributed by atoms with Crippen molar-refractivity contribution in [2.75, 3.05) is 0 Å². The fraction of sp³-hybridized carbons (Fsp3) is 0.636. The van der Waals surface area contributed by atoms with Crippen LogP contribution in [0.15, 0.2) is 48.5 Å². The monoisotopic (exact) mass is 657 g/mol. The number of aromatic nitrogens is 2. The average molecular weight is 657 g/mol. The molecule has 0 aliphatic heterocycles. The molecule has 3 aromatic rings. The summed E-state index contributed by atoms with van der Waals surface area (Å²) in [6, 6.07) is 14.9. The molecule has 2 N–H and O–H groups in total. The lowest BCUT2D eigenvalue weighted by atomic mass is 9.99. The number of hydrogen-bond donors (Lipinski definition) is 2. The van der Waals surface area contributed by atoms with E-state index in [1.54, 1.807) is 24.3 Å². The van der Waals surface area contributed by atoms with E-state index in [0.717, 1.165) is 59.6 Å². The van der Waals surface area contributed by atoms with Gasteiger partial charge in [-0.1, -0.05) is 155 Å². The third-order valence-corrected chi connectivity index (χ3v) is 9.86. The number of hydrogen-bond acceptors (Lipinski definition) is 4. The smallest absolute Gasteiger partial charge is 0.115 e. The second-order valence-corrected chi connectivity index (χ2v) is 14.2. The Morgan fingerprint density at radius 2 is 0.604 bits per heavy atom. The number of aryl methyl sites for hydroxylation is 2. The lowest BCUT2D eigenvalue weighted by Crippen LogP contribution is -2.06. The highest BCUT2D eigenvalue weighted by Crippen LogP contribution is 2.31. The van der Waals surface area contributed by atoms with Crippen LogP contribution in [0.5, 0.6) is 11.5 Å². The van der Waals surface area contributed by atoms with Crippen molar-refractivity contribution in [3.63, 3.8) is 0 Å². The van der Waals surface area contributed by atoms with E-state index in [1.807, 2.05) is 24.3 Å². The maximum absolute atomic E-state index is 9.99. The van der Waals surface area contributed by atoms with Gasteiger partial charge in [-0.25, -0.2) is 9.97 Å². The average Bonchev–Trinajstić information content (AvgIpc) is 3.10. The zero-order chi connectivity index (χ0) is 34.1. The number of rotatable bonds is 28. The largest absolute Gasteiger partial charge is 0.508 e. The zero-order valence-corrected chi connectivity index (χ0v) is 30.8. The molecule has 4 heteroatoms. The van der Waals surface area contributed by atoms with Gasteiger partial charge in [-0.15, -0.1) is 0 Å². The fourth-order valence-corrected chi connectivity index (χ4v) is 6.82. The van der Waals surface area contributed by atoms with E-state index in [1.165, 1.54) is 141 Å². The van der Waals surface area contributed by atoms with Crippen LogP contribution in [0.4, 0.5) is 0 Å². The summed E-state index contributed by atoms with van der Waals surface area (Å²) < 4.78 is 0. The minimum atomic E-state index is 0.270. The van der Waals surface area contributed by atoms with Crippen molar-refractivity contribution >= 4 is 0 Å².